The molecule has 0 spiro atoms. The average Bonchev–Trinajstić information content (AvgIpc) is 2.63. The molecule has 0 heterocycles. The van der Waals surface area contributed by atoms with Gasteiger partial charge in [0.1, 0.15) is 5.75 Å². The highest BCUT2D eigenvalue weighted by atomic mass is 16.5. The number of hydrogen-bond acceptors (Lipinski definition) is 5. The predicted molar refractivity (Wildman–Crippen MR) is 97.6 cm³/mol. The maximum Gasteiger partial charge on any atom is 0.338 e. The maximum atomic E-state index is 12.2. The van der Waals surface area contributed by atoms with Crippen LogP contribution >= 0.6 is 0 Å². The van der Waals surface area contributed by atoms with Crippen LogP contribution in [0.2, 0.25) is 0 Å². The van der Waals surface area contributed by atoms with E-state index in [2.05, 4.69) is 5.32 Å². The molecule has 0 aliphatic heterocycles. The molecule has 0 fully saturated rings. The lowest BCUT2D eigenvalue weighted by Crippen LogP contribution is -2.30. The molecule has 0 radical (unpaired) electrons. The average molecular weight is 355 g/mol. The van der Waals surface area contributed by atoms with Crippen LogP contribution < -0.4 is 10.1 Å². The van der Waals surface area contributed by atoms with Gasteiger partial charge in [-0.2, -0.15) is 0 Å². The number of carbonyl (C=O) groups is 3. The van der Waals surface area contributed by atoms with Crippen molar-refractivity contribution in [3.8, 4) is 5.75 Å². The molecule has 1 unspecified atom stereocenters. The first-order valence-corrected chi connectivity index (χ1v) is 8.26. The normalized spacial score (nSPS) is 11.3. The van der Waals surface area contributed by atoms with Crippen molar-refractivity contribution in [1.29, 1.82) is 0 Å². The minimum atomic E-state index is -0.971. The molecule has 2 aromatic carbocycles. The molecule has 0 aliphatic rings. The molecule has 136 valence electrons. The molecule has 6 heteroatoms. The summed E-state index contributed by atoms with van der Waals surface area (Å²) in [6.45, 7) is 5.37. The summed E-state index contributed by atoms with van der Waals surface area (Å²) in [5, 5.41) is 2.64. The number of hydrogen-bond donors (Lipinski definition) is 1. The summed E-state index contributed by atoms with van der Waals surface area (Å²) >= 11 is 0. The largest absolute Gasteiger partial charge is 0.494 e. The molecule has 1 atom stereocenters. The van der Waals surface area contributed by atoms with Gasteiger partial charge in [-0.1, -0.05) is 0 Å². The lowest BCUT2D eigenvalue weighted by atomic mass is 10.1. The Morgan fingerprint density at radius 2 is 1.54 bits per heavy atom. The van der Waals surface area contributed by atoms with E-state index in [1.165, 1.54) is 13.8 Å². The molecule has 0 saturated carbocycles. The number of anilines is 1. The first-order chi connectivity index (χ1) is 12.4. The van der Waals surface area contributed by atoms with Crippen LogP contribution in [0.4, 0.5) is 5.69 Å². The Morgan fingerprint density at radius 1 is 0.962 bits per heavy atom. The van der Waals surface area contributed by atoms with E-state index < -0.39 is 18.0 Å². The van der Waals surface area contributed by atoms with Crippen molar-refractivity contribution >= 4 is 23.3 Å². The van der Waals surface area contributed by atoms with E-state index in [0.29, 0.717) is 29.2 Å². The maximum absolute atomic E-state index is 12.2. The Labute approximate surface area is 152 Å². The summed E-state index contributed by atoms with van der Waals surface area (Å²) in [6.07, 6.45) is -0.971. The molecule has 6 nitrogen and oxygen atoms in total. The smallest absolute Gasteiger partial charge is 0.338 e. The van der Waals surface area contributed by atoms with E-state index in [9.17, 15) is 14.4 Å². The molecule has 0 saturated heterocycles. The zero-order valence-electron chi connectivity index (χ0n) is 14.9. The SMILES string of the molecule is CCOc1ccc(C(=O)OC(C)C(=O)Nc2ccc(C(C)=O)cc2)cc1. The van der Waals surface area contributed by atoms with Crippen LogP contribution in [-0.2, 0) is 9.53 Å². The highest BCUT2D eigenvalue weighted by Crippen LogP contribution is 2.14. The first kappa shape index (κ1) is 19.2. The van der Waals surface area contributed by atoms with Crippen LogP contribution in [0.1, 0.15) is 41.5 Å². The van der Waals surface area contributed by atoms with Gasteiger partial charge in [0, 0.05) is 11.3 Å². The number of ether oxygens (including phenoxy) is 2. The van der Waals surface area contributed by atoms with Gasteiger partial charge >= 0.3 is 5.97 Å². The van der Waals surface area contributed by atoms with Crippen molar-refractivity contribution < 1.29 is 23.9 Å². The van der Waals surface area contributed by atoms with Gasteiger partial charge in [0.05, 0.1) is 12.2 Å². The zero-order chi connectivity index (χ0) is 19.1. The Hall–Kier alpha value is -3.15. The van der Waals surface area contributed by atoms with Crippen molar-refractivity contribution in [2.45, 2.75) is 26.9 Å². The van der Waals surface area contributed by atoms with Crippen LogP contribution in [0.3, 0.4) is 0 Å². The summed E-state index contributed by atoms with van der Waals surface area (Å²) in [5.41, 5.74) is 1.40. The quantitative estimate of drug-likeness (QED) is 0.607. The molecule has 0 bridgehead atoms. The predicted octanol–water partition coefficient (Wildman–Crippen LogP) is 3.47. The van der Waals surface area contributed by atoms with Crippen molar-refractivity contribution in [1.82, 2.24) is 0 Å². The van der Waals surface area contributed by atoms with E-state index in [0.717, 1.165) is 0 Å². The second kappa shape index (κ2) is 8.80. The fourth-order valence-electron chi connectivity index (χ4n) is 2.17. The summed E-state index contributed by atoms with van der Waals surface area (Å²) < 4.78 is 10.5. The van der Waals surface area contributed by atoms with Gasteiger partial charge in [-0.25, -0.2) is 4.79 Å². The summed E-state index contributed by atoms with van der Waals surface area (Å²) in [6, 6.07) is 13.0. The second-order valence-corrected chi connectivity index (χ2v) is 5.63. The number of Topliss-reactive ketones (excluding diaryl/α,β-unsaturated/α-hetero) is 1. The summed E-state index contributed by atoms with van der Waals surface area (Å²) in [7, 11) is 0. The third-order valence-electron chi connectivity index (χ3n) is 3.61. The molecular formula is C20H21NO5. The minimum Gasteiger partial charge on any atom is -0.494 e. The van der Waals surface area contributed by atoms with E-state index in [4.69, 9.17) is 9.47 Å². The standard InChI is InChI=1S/C20H21NO5/c1-4-25-18-11-7-16(8-12-18)20(24)26-14(3)19(23)21-17-9-5-15(6-10-17)13(2)22/h5-12,14H,4H2,1-3H3,(H,21,23). The Balaban J connectivity index is 1.93. The van der Waals surface area contributed by atoms with E-state index in [1.807, 2.05) is 6.92 Å². The first-order valence-electron chi connectivity index (χ1n) is 8.26. The Morgan fingerprint density at radius 3 is 2.08 bits per heavy atom. The van der Waals surface area contributed by atoms with Crippen molar-refractivity contribution in [2.75, 3.05) is 11.9 Å². The van der Waals surface area contributed by atoms with Gasteiger partial charge in [0.25, 0.3) is 5.91 Å². The fourth-order valence-corrected chi connectivity index (χ4v) is 2.17. The van der Waals surface area contributed by atoms with Gasteiger partial charge in [-0.05, 0) is 69.3 Å². The topological polar surface area (TPSA) is 81.7 Å². The highest BCUT2D eigenvalue weighted by molar-refractivity contribution is 5.98. The monoisotopic (exact) mass is 355 g/mol. The highest BCUT2D eigenvalue weighted by Gasteiger charge is 2.19. The number of carbonyl (C=O) groups excluding carboxylic acids is 3. The third-order valence-corrected chi connectivity index (χ3v) is 3.61. The molecule has 2 rings (SSSR count). The van der Waals surface area contributed by atoms with Crippen LogP contribution in [-0.4, -0.2) is 30.4 Å². The fraction of sp³-hybridized carbons (Fsp3) is 0.250. The number of benzene rings is 2. The molecule has 1 amide bonds. The van der Waals surface area contributed by atoms with Crippen LogP contribution in [0.5, 0.6) is 5.75 Å². The third kappa shape index (κ3) is 5.17. The summed E-state index contributed by atoms with van der Waals surface area (Å²) in [4.78, 5) is 35.5. The number of amides is 1. The zero-order valence-corrected chi connectivity index (χ0v) is 14.9. The van der Waals surface area contributed by atoms with Crippen LogP contribution in [0.15, 0.2) is 48.5 Å². The second-order valence-electron chi connectivity index (χ2n) is 5.63. The number of rotatable bonds is 7. The molecule has 1 N–H and O–H groups in total. The molecule has 0 aliphatic carbocycles. The molecule has 0 aromatic heterocycles. The van der Waals surface area contributed by atoms with E-state index >= 15 is 0 Å². The van der Waals surface area contributed by atoms with Gasteiger partial charge in [0.2, 0.25) is 0 Å². The number of esters is 1. The van der Waals surface area contributed by atoms with Gasteiger partial charge in [-0.3, -0.25) is 9.59 Å². The molecular weight excluding hydrogens is 334 g/mol. The van der Waals surface area contributed by atoms with Crippen LogP contribution in [0, 0.1) is 0 Å². The van der Waals surface area contributed by atoms with Crippen molar-refractivity contribution in [3.05, 3.63) is 59.7 Å². The number of nitrogens with one attached hydrogen (secondary N) is 1. The van der Waals surface area contributed by atoms with Gasteiger partial charge < -0.3 is 14.8 Å². The van der Waals surface area contributed by atoms with E-state index in [1.54, 1.807) is 48.5 Å². The minimum absolute atomic E-state index is 0.0551. The summed E-state index contributed by atoms with van der Waals surface area (Å²) in [5.74, 6) is -0.452. The van der Waals surface area contributed by atoms with Crippen LogP contribution in [0.25, 0.3) is 0 Å². The lowest BCUT2D eigenvalue weighted by molar-refractivity contribution is -0.123. The lowest BCUT2D eigenvalue weighted by Gasteiger charge is -2.14. The Kier molecular flexibility index (Phi) is 6.49. The molecule has 2 aromatic rings. The number of ketones is 1. The van der Waals surface area contributed by atoms with E-state index in [-0.39, 0.29) is 5.78 Å². The van der Waals surface area contributed by atoms with Crippen molar-refractivity contribution in [2.24, 2.45) is 0 Å². The molecule has 26 heavy (non-hydrogen) atoms. The van der Waals surface area contributed by atoms with Crippen molar-refractivity contribution in [3.63, 3.8) is 0 Å². The van der Waals surface area contributed by atoms with Gasteiger partial charge in [0.15, 0.2) is 11.9 Å². The Bertz CT molecular complexity index is 781. The van der Waals surface area contributed by atoms with Gasteiger partial charge in [-0.15, -0.1) is 0 Å².